The van der Waals surface area contributed by atoms with Crippen LogP contribution in [0.1, 0.15) is 11.1 Å². The van der Waals surface area contributed by atoms with E-state index >= 15 is 0 Å². The van der Waals surface area contributed by atoms with Crippen molar-refractivity contribution in [2.24, 2.45) is 0 Å². The van der Waals surface area contributed by atoms with Crippen LogP contribution in [-0.4, -0.2) is 13.3 Å². The number of hydrogen-bond acceptors (Lipinski definition) is 1. The second kappa shape index (κ2) is 5.79. The second-order valence-electron chi connectivity index (χ2n) is 4.27. The SMILES string of the molecule is Cc1ccc(-c2ccc(C[S+]=S(=O)(O)O)cc2)cc1. The number of rotatable bonds is 3. The summed E-state index contributed by atoms with van der Waals surface area (Å²) in [5.41, 5.74) is 4.36. The molecule has 0 aliphatic heterocycles. The Hall–Kier alpha value is -1.27. The van der Waals surface area contributed by atoms with Crippen molar-refractivity contribution in [2.45, 2.75) is 12.7 Å². The molecule has 100 valence electrons. The summed E-state index contributed by atoms with van der Waals surface area (Å²) in [5.74, 6) is 0.306. The van der Waals surface area contributed by atoms with Gasteiger partial charge in [-0.3, -0.25) is 9.11 Å². The van der Waals surface area contributed by atoms with Gasteiger partial charge in [0.2, 0.25) is 5.75 Å². The van der Waals surface area contributed by atoms with Gasteiger partial charge < -0.3 is 0 Å². The normalized spacial score (nSPS) is 11.3. The molecule has 2 N–H and O–H groups in total. The Morgan fingerprint density at radius 2 is 1.42 bits per heavy atom. The van der Waals surface area contributed by atoms with Crippen molar-refractivity contribution in [3.63, 3.8) is 0 Å². The molecule has 0 fully saturated rings. The van der Waals surface area contributed by atoms with E-state index in [1.165, 1.54) is 5.56 Å². The van der Waals surface area contributed by atoms with Gasteiger partial charge in [-0.1, -0.05) is 54.1 Å². The van der Waals surface area contributed by atoms with Crippen LogP contribution in [0.2, 0.25) is 0 Å². The van der Waals surface area contributed by atoms with E-state index in [4.69, 9.17) is 9.11 Å². The molecule has 2 aromatic rings. The Labute approximate surface area is 116 Å². The first-order chi connectivity index (χ1) is 8.94. The molecule has 19 heavy (non-hydrogen) atoms. The molecule has 0 spiro atoms. The summed E-state index contributed by atoms with van der Waals surface area (Å²) in [7, 11) is -3.09. The fraction of sp³-hybridized carbons (Fsp3) is 0.143. The van der Waals surface area contributed by atoms with E-state index in [1.807, 2.05) is 31.2 Å². The third-order valence-electron chi connectivity index (χ3n) is 2.72. The number of hydrogen-bond donors (Lipinski definition) is 2. The van der Waals surface area contributed by atoms with Crippen LogP contribution >= 0.6 is 0 Å². The van der Waals surface area contributed by atoms with E-state index in [0.29, 0.717) is 16.1 Å². The molecule has 0 aliphatic rings. The molecule has 0 saturated carbocycles. The Balaban J connectivity index is 2.19. The first-order valence-electron chi connectivity index (χ1n) is 5.73. The lowest BCUT2D eigenvalue weighted by molar-refractivity contribution is 0.450. The van der Waals surface area contributed by atoms with Gasteiger partial charge in [-0.15, -0.1) is 0 Å². The van der Waals surface area contributed by atoms with Gasteiger partial charge in [0.15, 0.2) is 0 Å². The molecule has 0 radical (unpaired) electrons. The third-order valence-corrected chi connectivity index (χ3v) is 4.75. The molecule has 0 saturated heterocycles. The van der Waals surface area contributed by atoms with Crippen LogP contribution in [0, 0.1) is 6.92 Å². The Bertz CT molecular complexity index is 659. The zero-order valence-corrected chi connectivity index (χ0v) is 12.1. The molecular weight excluding hydrogens is 280 g/mol. The van der Waals surface area contributed by atoms with Crippen LogP contribution in [0.15, 0.2) is 48.5 Å². The van der Waals surface area contributed by atoms with Crippen molar-refractivity contribution in [1.29, 1.82) is 0 Å². The van der Waals surface area contributed by atoms with Gasteiger partial charge in [0.1, 0.15) is 0 Å². The minimum absolute atomic E-state index is 0.306. The van der Waals surface area contributed by atoms with Crippen LogP contribution in [0.25, 0.3) is 11.1 Å². The van der Waals surface area contributed by atoms with E-state index in [-0.39, 0.29) is 0 Å². The van der Waals surface area contributed by atoms with Crippen molar-refractivity contribution < 1.29 is 13.3 Å². The Morgan fingerprint density at radius 3 is 1.89 bits per heavy atom. The maximum Gasteiger partial charge on any atom is 0.430 e. The summed E-state index contributed by atoms with van der Waals surface area (Å²) in [4.78, 5) is 0. The summed E-state index contributed by atoms with van der Waals surface area (Å²) in [6.45, 7) is 2.05. The molecule has 0 heterocycles. The van der Waals surface area contributed by atoms with Crippen LogP contribution in [-0.2, 0) is 25.1 Å². The van der Waals surface area contributed by atoms with Gasteiger partial charge in [-0.25, -0.2) is 0 Å². The van der Waals surface area contributed by atoms with E-state index < -0.39 is 9.05 Å². The molecule has 0 unspecified atom stereocenters. The van der Waals surface area contributed by atoms with Crippen molar-refractivity contribution in [1.82, 2.24) is 0 Å². The van der Waals surface area contributed by atoms with Crippen molar-refractivity contribution >= 4 is 19.4 Å². The van der Waals surface area contributed by atoms with Crippen molar-refractivity contribution in [3.05, 3.63) is 59.7 Å². The van der Waals surface area contributed by atoms with E-state index in [9.17, 15) is 4.21 Å². The second-order valence-corrected chi connectivity index (χ2v) is 7.70. The molecule has 0 bridgehead atoms. The van der Waals surface area contributed by atoms with Crippen LogP contribution in [0.3, 0.4) is 0 Å². The summed E-state index contributed by atoms with van der Waals surface area (Å²) < 4.78 is 28.3. The lowest BCUT2D eigenvalue weighted by atomic mass is 10.0. The van der Waals surface area contributed by atoms with Crippen LogP contribution in [0.4, 0.5) is 0 Å². The maximum atomic E-state index is 10.8. The van der Waals surface area contributed by atoms with E-state index in [2.05, 4.69) is 24.3 Å². The molecule has 3 nitrogen and oxygen atoms in total. The fourth-order valence-corrected chi connectivity index (χ4v) is 3.04. The predicted octanol–water partition coefficient (Wildman–Crippen LogP) is 3.39. The van der Waals surface area contributed by atoms with Gasteiger partial charge in [0.05, 0.1) is 0 Å². The molecule has 0 amide bonds. The molecular formula is C14H15O3S2+. The average molecular weight is 295 g/mol. The highest BCUT2D eigenvalue weighted by atomic mass is 32.9. The topological polar surface area (TPSA) is 57.5 Å². The monoisotopic (exact) mass is 295 g/mol. The minimum atomic E-state index is -3.72. The van der Waals surface area contributed by atoms with Gasteiger partial charge in [-0.05, 0) is 18.1 Å². The quantitative estimate of drug-likeness (QED) is 0.853. The molecule has 0 aromatic heterocycles. The molecule has 2 rings (SSSR count). The highest BCUT2D eigenvalue weighted by molar-refractivity contribution is 8.33. The fourth-order valence-electron chi connectivity index (χ4n) is 1.68. The highest BCUT2D eigenvalue weighted by Gasteiger charge is 2.10. The summed E-state index contributed by atoms with van der Waals surface area (Å²) in [5, 5.41) is 0. The number of aryl methyl sites for hydroxylation is 1. The first-order valence-corrected chi connectivity index (χ1v) is 8.71. The summed E-state index contributed by atoms with van der Waals surface area (Å²) in [6, 6.07) is 16.0. The minimum Gasteiger partial charge on any atom is -0.251 e. The maximum absolute atomic E-state index is 10.8. The zero-order chi connectivity index (χ0) is 13.9. The van der Waals surface area contributed by atoms with Crippen LogP contribution in [0.5, 0.6) is 0 Å². The number of benzene rings is 2. The third kappa shape index (κ3) is 4.40. The zero-order valence-electron chi connectivity index (χ0n) is 10.4. The Kier molecular flexibility index (Phi) is 4.31. The predicted molar refractivity (Wildman–Crippen MR) is 81.1 cm³/mol. The Morgan fingerprint density at radius 1 is 0.947 bits per heavy atom. The van der Waals surface area contributed by atoms with Gasteiger partial charge in [-0.2, -0.15) is 4.21 Å². The molecule has 2 aromatic carbocycles. The molecule has 0 aliphatic carbocycles. The van der Waals surface area contributed by atoms with E-state index in [1.54, 1.807) is 0 Å². The van der Waals surface area contributed by atoms with Gasteiger partial charge in [0, 0.05) is 5.56 Å². The summed E-state index contributed by atoms with van der Waals surface area (Å²) in [6.07, 6.45) is 0. The highest BCUT2D eigenvalue weighted by Crippen LogP contribution is 2.20. The first kappa shape index (κ1) is 14.1. The van der Waals surface area contributed by atoms with Gasteiger partial charge >= 0.3 is 9.05 Å². The van der Waals surface area contributed by atoms with Crippen molar-refractivity contribution in [2.75, 3.05) is 0 Å². The lowest BCUT2D eigenvalue weighted by Crippen LogP contribution is -1.97. The van der Waals surface area contributed by atoms with E-state index in [0.717, 1.165) is 16.7 Å². The van der Waals surface area contributed by atoms with Gasteiger partial charge in [0.25, 0.3) is 10.3 Å². The standard InChI is InChI=1S/C14H14O3S2/c1-11-2-6-13(7-3-11)14-8-4-12(5-9-14)10-18-19(15,16)17/h2-9H,10H2,1H3,(H-,15,16,17)/p+1. The largest absolute Gasteiger partial charge is 0.430 e. The van der Waals surface area contributed by atoms with Crippen LogP contribution < -0.4 is 0 Å². The molecule has 0 atom stereocenters. The average Bonchev–Trinajstić information content (AvgIpc) is 2.37. The lowest BCUT2D eigenvalue weighted by Gasteiger charge is -2.02. The molecule has 5 heteroatoms. The smallest absolute Gasteiger partial charge is 0.251 e. The summed E-state index contributed by atoms with van der Waals surface area (Å²) >= 11 is 0. The van der Waals surface area contributed by atoms with Crippen molar-refractivity contribution in [3.8, 4) is 11.1 Å².